The number of hydrogen-bond acceptors (Lipinski definition) is 6. The monoisotopic (exact) mass is 439 g/mol. The minimum Gasteiger partial charge on any atom is -0.491 e. The maximum absolute atomic E-state index is 12.6. The van der Waals surface area contributed by atoms with Crippen molar-refractivity contribution in [2.75, 3.05) is 56.7 Å². The number of morpholine rings is 1. The first kappa shape index (κ1) is 22.1. The van der Waals surface area contributed by atoms with Crippen LogP contribution in [-0.2, 0) is 14.3 Å². The lowest BCUT2D eigenvalue weighted by molar-refractivity contribution is -0.114. The van der Waals surface area contributed by atoms with Gasteiger partial charge in [0.2, 0.25) is 5.91 Å². The third-order valence-electron chi connectivity index (χ3n) is 5.44. The van der Waals surface area contributed by atoms with Crippen molar-refractivity contribution in [2.24, 2.45) is 0 Å². The van der Waals surface area contributed by atoms with Crippen LogP contribution < -0.4 is 15.4 Å². The summed E-state index contributed by atoms with van der Waals surface area (Å²) in [6.07, 6.45) is 2.26. The van der Waals surface area contributed by atoms with Crippen LogP contribution in [0.15, 0.2) is 48.5 Å². The third-order valence-corrected chi connectivity index (χ3v) is 5.44. The van der Waals surface area contributed by atoms with E-state index in [2.05, 4.69) is 10.6 Å². The van der Waals surface area contributed by atoms with E-state index in [1.807, 2.05) is 24.3 Å². The molecule has 1 atom stereocenters. The van der Waals surface area contributed by atoms with E-state index < -0.39 is 0 Å². The number of amides is 2. The van der Waals surface area contributed by atoms with E-state index in [-0.39, 0.29) is 24.5 Å². The zero-order chi connectivity index (χ0) is 22.2. The van der Waals surface area contributed by atoms with Crippen molar-refractivity contribution in [2.45, 2.75) is 18.9 Å². The highest BCUT2D eigenvalue weighted by molar-refractivity contribution is 5.98. The first-order chi connectivity index (χ1) is 15.7. The summed E-state index contributed by atoms with van der Waals surface area (Å²) in [6.45, 7) is 3.68. The van der Waals surface area contributed by atoms with Gasteiger partial charge in [0.1, 0.15) is 12.4 Å². The van der Waals surface area contributed by atoms with Gasteiger partial charge in [-0.3, -0.25) is 9.59 Å². The lowest BCUT2D eigenvalue weighted by atomic mass is 10.1. The van der Waals surface area contributed by atoms with Crippen molar-refractivity contribution in [3.8, 4) is 5.75 Å². The van der Waals surface area contributed by atoms with Crippen LogP contribution in [-0.4, -0.2) is 68.9 Å². The molecule has 0 bridgehead atoms. The molecule has 2 aromatic rings. The number of rotatable bonds is 8. The Hall–Kier alpha value is -3.10. The summed E-state index contributed by atoms with van der Waals surface area (Å²) < 4.78 is 16.7. The maximum atomic E-state index is 12.6. The average molecular weight is 440 g/mol. The number of ether oxygens (including phenoxy) is 3. The molecule has 2 aliphatic heterocycles. The zero-order valence-corrected chi connectivity index (χ0v) is 18.0. The third kappa shape index (κ3) is 6.21. The number of carbonyl (C=O) groups excluding carboxylic acids is 2. The van der Waals surface area contributed by atoms with Crippen LogP contribution in [0.3, 0.4) is 0 Å². The van der Waals surface area contributed by atoms with Gasteiger partial charge in [-0.05, 0) is 43.2 Å². The van der Waals surface area contributed by atoms with Gasteiger partial charge >= 0.3 is 0 Å². The van der Waals surface area contributed by atoms with Gasteiger partial charge in [0.05, 0.1) is 25.9 Å². The molecule has 8 nitrogen and oxygen atoms in total. The fraction of sp³-hybridized carbons (Fsp3) is 0.417. The molecule has 2 heterocycles. The Labute approximate surface area is 187 Å². The van der Waals surface area contributed by atoms with E-state index in [1.54, 1.807) is 29.2 Å². The van der Waals surface area contributed by atoms with Gasteiger partial charge in [-0.25, -0.2) is 0 Å². The first-order valence-electron chi connectivity index (χ1n) is 11.0. The molecule has 2 aromatic carbocycles. The fourth-order valence-electron chi connectivity index (χ4n) is 3.73. The molecule has 0 spiro atoms. The Morgan fingerprint density at radius 2 is 1.84 bits per heavy atom. The predicted octanol–water partition coefficient (Wildman–Crippen LogP) is 2.77. The van der Waals surface area contributed by atoms with Crippen molar-refractivity contribution < 1.29 is 23.8 Å². The summed E-state index contributed by atoms with van der Waals surface area (Å²) in [4.78, 5) is 26.8. The summed E-state index contributed by atoms with van der Waals surface area (Å²) in [5.41, 5.74) is 1.93. The van der Waals surface area contributed by atoms with Gasteiger partial charge in [-0.2, -0.15) is 0 Å². The van der Waals surface area contributed by atoms with Crippen LogP contribution in [0.5, 0.6) is 5.75 Å². The summed E-state index contributed by atoms with van der Waals surface area (Å²) in [7, 11) is 0. The molecular weight excluding hydrogens is 410 g/mol. The molecule has 170 valence electrons. The van der Waals surface area contributed by atoms with Crippen molar-refractivity contribution >= 4 is 23.2 Å². The van der Waals surface area contributed by atoms with Crippen molar-refractivity contribution in [1.29, 1.82) is 0 Å². The van der Waals surface area contributed by atoms with Crippen LogP contribution in [0.25, 0.3) is 0 Å². The first-order valence-corrected chi connectivity index (χ1v) is 11.0. The smallest absolute Gasteiger partial charge is 0.254 e. The van der Waals surface area contributed by atoms with E-state index in [0.717, 1.165) is 30.9 Å². The summed E-state index contributed by atoms with van der Waals surface area (Å²) >= 11 is 0. The van der Waals surface area contributed by atoms with Gasteiger partial charge in [-0.15, -0.1) is 0 Å². The molecule has 2 amide bonds. The summed E-state index contributed by atoms with van der Waals surface area (Å²) in [6, 6.07) is 14.5. The molecule has 2 fully saturated rings. The van der Waals surface area contributed by atoms with Gasteiger partial charge in [0.15, 0.2) is 0 Å². The second kappa shape index (κ2) is 11.0. The van der Waals surface area contributed by atoms with Crippen LogP contribution >= 0.6 is 0 Å². The Kier molecular flexibility index (Phi) is 7.58. The number of nitrogens with one attached hydrogen (secondary N) is 2. The average Bonchev–Trinajstić information content (AvgIpc) is 3.36. The fourth-order valence-corrected chi connectivity index (χ4v) is 3.73. The van der Waals surface area contributed by atoms with Crippen molar-refractivity contribution in [3.05, 3.63) is 54.1 Å². The Balaban J connectivity index is 1.26. The molecule has 0 aromatic heterocycles. The Morgan fingerprint density at radius 3 is 2.66 bits per heavy atom. The van der Waals surface area contributed by atoms with E-state index in [1.165, 1.54) is 0 Å². The standard InChI is InChI=1S/C24H29N3O5/c28-23(16-25-19-5-2-7-21(15-19)32-17-22-8-3-11-31-22)26-20-6-1-4-18(14-20)24(29)27-9-12-30-13-10-27/h1-2,4-7,14-15,22,25H,3,8-13,16-17H2,(H,26,28). The highest BCUT2D eigenvalue weighted by Gasteiger charge is 2.19. The lowest BCUT2D eigenvalue weighted by Crippen LogP contribution is -2.40. The number of hydrogen-bond donors (Lipinski definition) is 2. The SMILES string of the molecule is O=C(CNc1cccc(OCC2CCCO2)c1)Nc1cccc(C(=O)N2CCOCC2)c1. The van der Waals surface area contributed by atoms with Gasteiger partial charge in [-0.1, -0.05) is 12.1 Å². The molecule has 1 unspecified atom stereocenters. The largest absolute Gasteiger partial charge is 0.491 e. The van der Waals surface area contributed by atoms with Crippen LogP contribution in [0.2, 0.25) is 0 Å². The van der Waals surface area contributed by atoms with E-state index in [0.29, 0.717) is 44.2 Å². The van der Waals surface area contributed by atoms with E-state index in [4.69, 9.17) is 14.2 Å². The number of nitrogens with zero attached hydrogens (tertiary/aromatic N) is 1. The van der Waals surface area contributed by atoms with Gasteiger partial charge in [0.25, 0.3) is 5.91 Å². The minimum absolute atomic E-state index is 0.0534. The van der Waals surface area contributed by atoms with Crippen LogP contribution in [0.1, 0.15) is 23.2 Å². The Morgan fingerprint density at radius 1 is 1.03 bits per heavy atom. The summed E-state index contributed by atoms with van der Waals surface area (Å²) in [5, 5.41) is 5.95. The lowest BCUT2D eigenvalue weighted by Gasteiger charge is -2.27. The molecule has 2 saturated heterocycles. The molecule has 32 heavy (non-hydrogen) atoms. The van der Waals surface area contributed by atoms with Crippen molar-refractivity contribution in [1.82, 2.24) is 4.90 Å². The number of benzene rings is 2. The second-order valence-corrected chi connectivity index (χ2v) is 7.86. The molecule has 2 N–H and O–H groups in total. The van der Waals surface area contributed by atoms with E-state index in [9.17, 15) is 9.59 Å². The highest BCUT2D eigenvalue weighted by atomic mass is 16.5. The highest BCUT2D eigenvalue weighted by Crippen LogP contribution is 2.20. The topological polar surface area (TPSA) is 89.1 Å². The number of carbonyl (C=O) groups is 2. The van der Waals surface area contributed by atoms with Crippen LogP contribution in [0.4, 0.5) is 11.4 Å². The molecular formula is C24H29N3O5. The second-order valence-electron chi connectivity index (χ2n) is 7.86. The Bertz CT molecular complexity index is 923. The molecule has 0 aliphatic carbocycles. The number of anilines is 2. The van der Waals surface area contributed by atoms with Crippen LogP contribution in [0, 0.1) is 0 Å². The van der Waals surface area contributed by atoms with Crippen molar-refractivity contribution in [3.63, 3.8) is 0 Å². The minimum atomic E-state index is -0.202. The zero-order valence-electron chi connectivity index (χ0n) is 18.0. The normalized spacial score (nSPS) is 18.2. The van der Waals surface area contributed by atoms with Gasteiger partial charge in [0, 0.05) is 42.7 Å². The maximum Gasteiger partial charge on any atom is 0.254 e. The predicted molar refractivity (Wildman–Crippen MR) is 121 cm³/mol. The van der Waals surface area contributed by atoms with E-state index >= 15 is 0 Å². The molecule has 0 saturated carbocycles. The molecule has 8 heteroatoms. The molecule has 2 aliphatic rings. The molecule has 0 radical (unpaired) electrons. The van der Waals surface area contributed by atoms with Gasteiger partial charge < -0.3 is 29.7 Å². The quantitative estimate of drug-likeness (QED) is 0.658. The summed E-state index contributed by atoms with van der Waals surface area (Å²) in [5.74, 6) is 0.481. The molecule has 4 rings (SSSR count).